The van der Waals surface area contributed by atoms with E-state index in [0.717, 1.165) is 3.79 Å². The van der Waals surface area contributed by atoms with E-state index >= 15 is 0 Å². The van der Waals surface area contributed by atoms with Crippen molar-refractivity contribution in [3.8, 4) is 0 Å². The number of rotatable bonds is 12. The van der Waals surface area contributed by atoms with E-state index in [0.29, 0.717) is 11.5 Å². The van der Waals surface area contributed by atoms with Crippen LogP contribution in [0.15, 0.2) is 15.9 Å². The number of amides is 2. The van der Waals surface area contributed by atoms with E-state index in [-0.39, 0.29) is 32.3 Å². The van der Waals surface area contributed by atoms with Gasteiger partial charge in [-0.15, -0.1) is 11.3 Å². The van der Waals surface area contributed by atoms with Crippen LogP contribution in [0.1, 0.15) is 23.0 Å². The van der Waals surface area contributed by atoms with Gasteiger partial charge in [0.2, 0.25) is 5.91 Å². The minimum Gasteiger partial charge on any atom is -0.384 e. The number of hydroxylamine groups is 1. The van der Waals surface area contributed by atoms with Crippen molar-refractivity contribution in [2.75, 3.05) is 33.7 Å². The summed E-state index contributed by atoms with van der Waals surface area (Å²) in [6, 6.07) is 3.04. The molecule has 25 heavy (non-hydrogen) atoms. The molecule has 0 aliphatic heterocycles. The van der Waals surface area contributed by atoms with Crippen molar-refractivity contribution in [2.45, 2.75) is 19.4 Å². The van der Waals surface area contributed by atoms with Gasteiger partial charge < -0.3 is 19.5 Å². The fraction of sp³-hybridized carbons (Fsp3) is 0.600. The highest BCUT2D eigenvalue weighted by atomic mass is 79.9. The van der Waals surface area contributed by atoms with Crippen LogP contribution in [-0.4, -0.2) is 56.8 Å². The molecular weight excluding hydrogens is 416 g/mol. The van der Waals surface area contributed by atoms with Gasteiger partial charge in [-0.3, -0.25) is 14.8 Å². The van der Waals surface area contributed by atoms with Gasteiger partial charge in [-0.25, -0.2) is 5.48 Å². The van der Waals surface area contributed by atoms with Crippen LogP contribution in [0.2, 0.25) is 0 Å². The number of hydrogen-bond acceptors (Lipinski definition) is 7. The summed E-state index contributed by atoms with van der Waals surface area (Å²) < 4.78 is 16.4. The molecule has 10 heteroatoms. The zero-order valence-corrected chi connectivity index (χ0v) is 16.5. The molecule has 142 valence electrons. The zero-order valence-electron chi connectivity index (χ0n) is 14.1. The molecule has 0 radical (unpaired) electrons. The average Bonchev–Trinajstić information content (AvgIpc) is 3.04. The Morgan fingerprint density at radius 1 is 1.32 bits per heavy atom. The first-order valence-electron chi connectivity index (χ1n) is 7.66. The summed E-state index contributed by atoms with van der Waals surface area (Å²) in [5.74, 6) is -1.47. The summed E-state index contributed by atoms with van der Waals surface area (Å²) in [5.41, 5.74) is 1.62. The Bertz CT molecular complexity index is 542. The Kier molecular flexibility index (Phi) is 10.9. The largest absolute Gasteiger partial charge is 0.384 e. The number of thiophene rings is 1. The van der Waals surface area contributed by atoms with Crippen molar-refractivity contribution >= 4 is 39.1 Å². The highest BCUT2D eigenvalue weighted by Crippen LogP contribution is 2.22. The first-order chi connectivity index (χ1) is 12.0. The van der Waals surface area contributed by atoms with Crippen molar-refractivity contribution < 1.29 is 29.0 Å². The quantitative estimate of drug-likeness (QED) is 0.199. The van der Waals surface area contributed by atoms with Gasteiger partial charge in [-0.2, -0.15) is 0 Å². The fourth-order valence-corrected chi connectivity index (χ4v) is 3.37. The second-order valence-electron chi connectivity index (χ2n) is 5.12. The van der Waals surface area contributed by atoms with Crippen LogP contribution in [0, 0.1) is 5.92 Å². The molecule has 1 aromatic heterocycles. The Morgan fingerprint density at radius 2 is 2.08 bits per heavy atom. The van der Waals surface area contributed by atoms with Gasteiger partial charge in [-0.1, -0.05) is 0 Å². The second-order valence-corrected chi connectivity index (χ2v) is 7.58. The molecule has 3 N–H and O–H groups in total. The summed E-state index contributed by atoms with van der Waals surface area (Å²) >= 11 is 4.62. The summed E-state index contributed by atoms with van der Waals surface area (Å²) in [4.78, 5) is 24.6. The number of carbonyl (C=O) groups excluding carboxylic acids is 2. The van der Waals surface area contributed by atoms with Crippen LogP contribution in [0.5, 0.6) is 0 Å². The monoisotopic (exact) mass is 438 g/mol. The fourth-order valence-electron chi connectivity index (χ4n) is 2.08. The normalized spacial score (nSPS) is 13.3. The molecule has 8 nitrogen and oxygen atoms in total. The molecule has 1 aromatic rings. The van der Waals surface area contributed by atoms with Crippen molar-refractivity contribution in [1.82, 2.24) is 10.8 Å². The smallest absolute Gasteiger partial charge is 0.261 e. The van der Waals surface area contributed by atoms with Crippen LogP contribution in [0.3, 0.4) is 0 Å². The summed E-state index contributed by atoms with van der Waals surface area (Å²) in [5, 5.41) is 11.7. The molecule has 1 heterocycles. The third-order valence-corrected chi connectivity index (χ3v) is 4.86. The topological polar surface area (TPSA) is 106 Å². The van der Waals surface area contributed by atoms with E-state index in [1.165, 1.54) is 18.4 Å². The van der Waals surface area contributed by atoms with Crippen molar-refractivity contribution in [3.05, 3.63) is 20.8 Å². The Hall–Kier alpha value is -1.04. The predicted molar refractivity (Wildman–Crippen MR) is 95.6 cm³/mol. The van der Waals surface area contributed by atoms with Crippen LogP contribution < -0.4 is 10.8 Å². The lowest BCUT2D eigenvalue weighted by Crippen LogP contribution is -2.43. The summed E-state index contributed by atoms with van der Waals surface area (Å²) in [7, 11) is 1.46. The zero-order chi connectivity index (χ0) is 18.7. The number of hydrogen-bond donors (Lipinski definition) is 3. The van der Waals surface area contributed by atoms with Gasteiger partial charge in [0, 0.05) is 13.7 Å². The SMILES string of the molecule is CCOCOC[C@H](C[C@H](COC)C(=O)NO)NC(=O)c1ccc(Br)s1. The molecule has 2 amide bonds. The number of halogens is 1. The number of nitrogens with one attached hydrogen (secondary N) is 2. The van der Waals surface area contributed by atoms with E-state index in [1.807, 2.05) is 6.92 Å². The molecule has 0 aromatic carbocycles. The Labute approximate surface area is 158 Å². The van der Waals surface area contributed by atoms with Gasteiger partial charge in [0.15, 0.2) is 0 Å². The molecule has 2 atom stereocenters. The predicted octanol–water partition coefficient (Wildman–Crippen LogP) is 1.78. The summed E-state index contributed by atoms with van der Waals surface area (Å²) in [6.07, 6.45) is 0.241. The molecule has 0 aliphatic carbocycles. The van der Waals surface area contributed by atoms with E-state index < -0.39 is 17.9 Å². The van der Waals surface area contributed by atoms with Gasteiger partial charge >= 0.3 is 0 Å². The molecular formula is C15H23BrN2O6S. The number of methoxy groups -OCH3 is 1. The highest BCUT2D eigenvalue weighted by molar-refractivity contribution is 9.11. The third kappa shape index (κ3) is 8.25. The third-order valence-electron chi connectivity index (χ3n) is 3.24. The lowest BCUT2D eigenvalue weighted by molar-refractivity contribution is -0.135. The molecule has 0 saturated heterocycles. The van der Waals surface area contributed by atoms with E-state index in [2.05, 4.69) is 21.2 Å². The molecule has 0 spiro atoms. The van der Waals surface area contributed by atoms with Gasteiger partial charge in [0.05, 0.1) is 33.8 Å². The molecule has 0 saturated carbocycles. The first kappa shape index (κ1) is 22.0. The Balaban J connectivity index is 2.72. The van der Waals surface area contributed by atoms with E-state index in [4.69, 9.17) is 19.4 Å². The van der Waals surface area contributed by atoms with Crippen LogP contribution in [0.25, 0.3) is 0 Å². The van der Waals surface area contributed by atoms with Crippen molar-refractivity contribution in [1.29, 1.82) is 0 Å². The van der Waals surface area contributed by atoms with Crippen molar-refractivity contribution in [3.63, 3.8) is 0 Å². The second kappa shape index (κ2) is 12.3. The maximum Gasteiger partial charge on any atom is 0.261 e. The maximum absolute atomic E-state index is 12.3. The number of carbonyl (C=O) groups is 2. The van der Waals surface area contributed by atoms with Gasteiger partial charge in [-0.05, 0) is 41.4 Å². The maximum atomic E-state index is 12.3. The lowest BCUT2D eigenvalue weighted by Gasteiger charge is -2.23. The van der Waals surface area contributed by atoms with Gasteiger partial charge in [0.25, 0.3) is 5.91 Å². The highest BCUT2D eigenvalue weighted by Gasteiger charge is 2.25. The molecule has 0 bridgehead atoms. The molecule has 0 aliphatic rings. The average molecular weight is 439 g/mol. The molecule has 0 unspecified atom stereocenters. The van der Waals surface area contributed by atoms with Crippen LogP contribution in [0.4, 0.5) is 0 Å². The first-order valence-corrected chi connectivity index (χ1v) is 9.27. The van der Waals surface area contributed by atoms with E-state index in [1.54, 1.807) is 17.6 Å². The minimum absolute atomic E-state index is 0.0918. The minimum atomic E-state index is -0.633. The summed E-state index contributed by atoms with van der Waals surface area (Å²) in [6.45, 7) is 2.72. The van der Waals surface area contributed by atoms with Gasteiger partial charge in [0.1, 0.15) is 6.79 Å². The van der Waals surface area contributed by atoms with E-state index in [9.17, 15) is 9.59 Å². The molecule has 1 rings (SSSR count). The number of ether oxygens (including phenoxy) is 3. The Morgan fingerprint density at radius 3 is 2.64 bits per heavy atom. The standard InChI is InChI=1S/C15H23BrN2O6S/c1-3-23-9-24-8-11(6-10(7-22-2)14(19)18-21)17-15(20)12-4-5-13(16)25-12/h4-5,10-11,21H,3,6-9H2,1-2H3,(H,17,20)(H,18,19)/t10-,11+/m1/s1. The van der Waals surface area contributed by atoms with Crippen LogP contribution >= 0.6 is 27.3 Å². The lowest BCUT2D eigenvalue weighted by atomic mass is 10.00. The van der Waals surface area contributed by atoms with Crippen LogP contribution in [-0.2, 0) is 19.0 Å². The molecule has 0 fully saturated rings. The van der Waals surface area contributed by atoms with Crippen molar-refractivity contribution in [2.24, 2.45) is 5.92 Å².